The summed E-state index contributed by atoms with van der Waals surface area (Å²) in [4.78, 5) is 33.5. The Hall–Kier alpha value is -2.42. The van der Waals surface area contributed by atoms with Gasteiger partial charge in [0.2, 0.25) is 5.91 Å². The van der Waals surface area contributed by atoms with Gasteiger partial charge in [-0.05, 0) is 12.1 Å². The second kappa shape index (κ2) is 4.93. The molecule has 1 aliphatic heterocycles. The van der Waals surface area contributed by atoms with Crippen LogP contribution in [0.5, 0.6) is 0 Å². The van der Waals surface area contributed by atoms with Gasteiger partial charge in [-0.25, -0.2) is 12.7 Å². The second-order valence-corrected chi connectivity index (χ2v) is 5.81. The third-order valence-electron chi connectivity index (χ3n) is 2.64. The maximum atomic E-state index is 12.1. The first-order chi connectivity index (χ1) is 9.34. The molecule has 0 aromatic heterocycles. The average molecular weight is 298 g/mol. The molecule has 2 amide bonds. The summed E-state index contributed by atoms with van der Waals surface area (Å²) < 4.78 is 24.6. The van der Waals surface area contributed by atoms with E-state index in [9.17, 15) is 22.8 Å². The maximum Gasteiger partial charge on any atom is 0.322 e. The fraction of sp³-hybridized carbons (Fsp3) is 0.182. The van der Waals surface area contributed by atoms with E-state index < -0.39 is 40.9 Å². The fourth-order valence-electron chi connectivity index (χ4n) is 1.75. The van der Waals surface area contributed by atoms with Crippen LogP contribution in [0.4, 0.5) is 0 Å². The zero-order valence-corrected chi connectivity index (χ0v) is 10.9. The van der Waals surface area contributed by atoms with E-state index in [2.05, 4.69) is 0 Å². The Labute approximate surface area is 114 Å². The van der Waals surface area contributed by atoms with Gasteiger partial charge in [-0.15, -0.1) is 0 Å². The molecular weight excluding hydrogens is 288 g/mol. The molecule has 1 aromatic rings. The predicted molar refractivity (Wildman–Crippen MR) is 65.3 cm³/mol. The monoisotopic (exact) mass is 298 g/mol. The summed E-state index contributed by atoms with van der Waals surface area (Å²) in [5, 5.41) is 10.4. The molecule has 0 bridgehead atoms. The van der Waals surface area contributed by atoms with Gasteiger partial charge in [-0.3, -0.25) is 14.4 Å². The highest BCUT2D eigenvalue weighted by atomic mass is 32.2. The second-order valence-electron chi connectivity index (χ2n) is 3.98. The lowest BCUT2D eigenvalue weighted by molar-refractivity contribution is -0.137. The molecule has 1 aliphatic rings. The summed E-state index contributed by atoms with van der Waals surface area (Å²) in [6.45, 7) is -1.39. The first-order valence-electron chi connectivity index (χ1n) is 5.48. The number of carboxylic acid groups (broad SMARTS) is 1. The Bertz CT molecular complexity index is 697. The molecule has 0 fully saturated rings. The third kappa shape index (κ3) is 2.35. The number of fused-ring (bicyclic) bond motifs is 1. The van der Waals surface area contributed by atoms with Crippen LogP contribution in [-0.4, -0.2) is 48.7 Å². The summed E-state index contributed by atoms with van der Waals surface area (Å²) in [6, 6.07) is 5.61. The first-order valence-corrected chi connectivity index (χ1v) is 6.92. The normalized spacial score (nSPS) is 15.8. The Kier molecular flexibility index (Phi) is 3.45. The Morgan fingerprint density at radius 2 is 1.90 bits per heavy atom. The molecule has 0 atom stereocenters. The molecule has 106 valence electrons. The van der Waals surface area contributed by atoms with E-state index in [4.69, 9.17) is 5.11 Å². The summed E-state index contributed by atoms with van der Waals surface area (Å²) >= 11 is 0. The molecule has 9 heteroatoms. The van der Waals surface area contributed by atoms with E-state index in [1.165, 1.54) is 24.3 Å². The SMILES string of the molecule is O=C(O)CNC(=O)CN1C(=O)c2ccccc2S1(=O)=O. The van der Waals surface area contributed by atoms with E-state index in [-0.39, 0.29) is 10.5 Å². The summed E-state index contributed by atoms with van der Waals surface area (Å²) in [6.07, 6.45) is 0. The number of carboxylic acids is 1. The van der Waals surface area contributed by atoms with Crippen LogP contribution in [0.25, 0.3) is 0 Å². The fourth-order valence-corrected chi connectivity index (χ4v) is 3.27. The van der Waals surface area contributed by atoms with Gasteiger partial charge in [0.25, 0.3) is 15.9 Å². The van der Waals surface area contributed by atoms with Gasteiger partial charge in [-0.1, -0.05) is 12.1 Å². The molecule has 0 saturated heterocycles. The zero-order valence-electron chi connectivity index (χ0n) is 10.1. The van der Waals surface area contributed by atoms with Crippen molar-refractivity contribution in [2.45, 2.75) is 4.90 Å². The molecule has 0 unspecified atom stereocenters. The Morgan fingerprint density at radius 1 is 1.25 bits per heavy atom. The number of nitrogens with one attached hydrogen (secondary N) is 1. The number of carbonyl (C=O) groups is 3. The third-order valence-corrected chi connectivity index (χ3v) is 4.42. The Morgan fingerprint density at radius 3 is 2.50 bits per heavy atom. The summed E-state index contributed by atoms with van der Waals surface area (Å²) in [7, 11) is -4.05. The average Bonchev–Trinajstić information content (AvgIpc) is 2.58. The van der Waals surface area contributed by atoms with Crippen LogP contribution >= 0.6 is 0 Å². The van der Waals surface area contributed by atoms with Gasteiger partial charge < -0.3 is 10.4 Å². The molecule has 0 saturated carbocycles. The van der Waals surface area contributed by atoms with Gasteiger partial charge in [0, 0.05) is 0 Å². The number of rotatable bonds is 4. The molecule has 0 radical (unpaired) electrons. The van der Waals surface area contributed by atoms with Crippen molar-refractivity contribution >= 4 is 27.8 Å². The standard InChI is InChI=1S/C11H10N2O6S/c14-9(12-5-10(15)16)6-13-11(17)7-3-1-2-4-8(7)20(13,18)19/h1-4H,5-6H2,(H,12,14)(H,15,16). The minimum atomic E-state index is -4.05. The van der Waals surface area contributed by atoms with Crippen LogP contribution in [0, 0.1) is 0 Å². The van der Waals surface area contributed by atoms with Crippen LogP contribution in [0.15, 0.2) is 29.2 Å². The lowest BCUT2D eigenvalue weighted by atomic mass is 10.2. The van der Waals surface area contributed by atoms with Crippen LogP contribution in [0.2, 0.25) is 0 Å². The van der Waals surface area contributed by atoms with E-state index in [0.29, 0.717) is 4.31 Å². The predicted octanol–water partition coefficient (Wildman–Crippen LogP) is -0.968. The number of hydrogen-bond donors (Lipinski definition) is 2. The van der Waals surface area contributed by atoms with Gasteiger partial charge in [0.1, 0.15) is 18.0 Å². The number of amides is 2. The summed E-state index contributed by atoms with van der Waals surface area (Å²) in [5.41, 5.74) is -0.00136. The van der Waals surface area contributed by atoms with Crippen LogP contribution in [0.3, 0.4) is 0 Å². The number of benzene rings is 1. The topological polar surface area (TPSA) is 121 Å². The van der Waals surface area contributed by atoms with E-state index in [1.54, 1.807) is 0 Å². The maximum absolute atomic E-state index is 12.1. The van der Waals surface area contributed by atoms with Crippen molar-refractivity contribution in [1.82, 2.24) is 9.62 Å². The number of hydrogen-bond acceptors (Lipinski definition) is 5. The highest BCUT2D eigenvalue weighted by molar-refractivity contribution is 7.90. The molecule has 1 heterocycles. The van der Waals surface area contributed by atoms with Crippen molar-refractivity contribution in [2.75, 3.05) is 13.1 Å². The van der Waals surface area contributed by atoms with Crippen molar-refractivity contribution in [1.29, 1.82) is 0 Å². The highest BCUT2D eigenvalue weighted by Gasteiger charge is 2.41. The number of nitrogens with zero attached hydrogens (tertiary/aromatic N) is 1. The number of carbonyl (C=O) groups excluding carboxylic acids is 2. The van der Waals surface area contributed by atoms with Gasteiger partial charge in [0.15, 0.2) is 0 Å². The van der Waals surface area contributed by atoms with Crippen molar-refractivity contribution in [3.8, 4) is 0 Å². The molecule has 2 N–H and O–H groups in total. The minimum absolute atomic E-state index is 0.00136. The minimum Gasteiger partial charge on any atom is -0.480 e. The summed E-state index contributed by atoms with van der Waals surface area (Å²) in [5.74, 6) is -2.93. The van der Waals surface area contributed by atoms with Crippen molar-refractivity contribution in [3.63, 3.8) is 0 Å². The van der Waals surface area contributed by atoms with E-state index in [1.807, 2.05) is 5.32 Å². The lowest BCUT2D eigenvalue weighted by Crippen LogP contribution is -2.41. The van der Waals surface area contributed by atoms with Crippen LogP contribution in [0.1, 0.15) is 10.4 Å². The highest BCUT2D eigenvalue weighted by Crippen LogP contribution is 2.29. The van der Waals surface area contributed by atoms with Crippen molar-refractivity contribution < 1.29 is 27.9 Å². The molecule has 1 aromatic carbocycles. The number of sulfonamides is 1. The first kappa shape index (κ1) is 14.0. The van der Waals surface area contributed by atoms with Crippen LogP contribution < -0.4 is 5.32 Å². The van der Waals surface area contributed by atoms with Crippen molar-refractivity contribution in [2.24, 2.45) is 0 Å². The molecule has 0 aliphatic carbocycles. The lowest BCUT2D eigenvalue weighted by Gasteiger charge is -2.14. The van der Waals surface area contributed by atoms with E-state index >= 15 is 0 Å². The Balaban J connectivity index is 2.21. The quantitative estimate of drug-likeness (QED) is 0.738. The zero-order chi connectivity index (χ0) is 14.9. The largest absolute Gasteiger partial charge is 0.480 e. The number of aliphatic carboxylic acids is 1. The molecular formula is C11H10N2O6S. The van der Waals surface area contributed by atoms with Gasteiger partial charge in [-0.2, -0.15) is 0 Å². The molecule has 0 spiro atoms. The van der Waals surface area contributed by atoms with Crippen LogP contribution in [-0.2, 0) is 19.6 Å². The smallest absolute Gasteiger partial charge is 0.322 e. The van der Waals surface area contributed by atoms with Gasteiger partial charge >= 0.3 is 5.97 Å². The molecule has 8 nitrogen and oxygen atoms in total. The molecule has 2 rings (SSSR count). The van der Waals surface area contributed by atoms with E-state index in [0.717, 1.165) is 0 Å². The molecule has 20 heavy (non-hydrogen) atoms. The van der Waals surface area contributed by atoms with Gasteiger partial charge in [0.05, 0.1) is 5.56 Å². The van der Waals surface area contributed by atoms with Crippen molar-refractivity contribution in [3.05, 3.63) is 29.8 Å².